The third kappa shape index (κ3) is 4.57. The van der Waals surface area contributed by atoms with Crippen LogP contribution in [0.1, 0.15) is 47.4 Å². The number of carbonyl (C=O) groups is 2. The van der Waals surface area contributed by atoms with Gasteiger partial charge in [0.25, 0.3) is 0 Å². The summed E-state index contributed by atoms with van der Waals surface area (Å²) in [5.41, 5.74) is 0.483. The average Bonchev–Trinajstić information content (AvgIpc) is 3.38. The fraction of sp³-hybridized carbons (Fsp3) is 0.478. The number of hydrogen-bond donors (Lipinski definition) is 0. The van der Waals surface area contributed by atoms with E-state index in [1.54, 1.807) is 18.2 Å². The molecule has 2 aromatic rings. The molecule has 0 saturated carbocycles. The highest BCUT2D eigenvalue weighted by Gasteiger charge is 2.36. The number of fused-ring (bicyclic) bond motifs is 2. The lowest BCUT2D eigenvalue weighted by atomic mass is 10.0. The molecule has 8 heteroatoms. The third-order valence-corrected chi connectivity index (χ3v) is 5.25. The van der Waals surface area contributed by atoms with E-state index in [0.717, 1.165) is 24.8 Å². The summed E-state index contributed by atoms with van der Waals surface area (Å²) < 4.78 is 34.1. The Kier molecular flexibility index (Phi) is 6.52. The maximum Gasteiger partial charge on any atom is 0.346 e. The molecule has 1 saturated heterocycles. The first-order valence-electron chi connectivity index (χ1n) is 10.5. The summed E-state index contributed by atoms with van der Waals surface area (Å²) in [7, 11) is 0. The number of rotatable bonds is 10. The molecule has 8 nitrogen and oxygen atoms in total. The summed E-state index contributed by atoms with van der Waals surface area (Å²) >= 11 is 0. The number of benzene rings is 2. The molecule has 4 rings (SSSR count). The minimum Gasteiger partial charge on any atom is -0.484 e. The number of ether oxygens (including phenoxy) is 6. The summed E-state index contributed by atoms with van der Waals surface area (Å²) in [6.07, 6.45) is 1.94. The van der Waals surface area contributed by atoms with Crippen LogP contribution in [0.2, 0.25) is 0 Å². The van der Waals surface area contributed by atoms with Crippen LogP contribution in [-0.2, 0) is 23.7 Å². The first-order valence-corrected chi connectivity index (χ1v) is 10.5. The summed E-state index contributed by atoms with van der Waals surface area (Å²) in [6, 6.07) is 8.67. The molecule has 1 unspecified atom stereocenters. The predicted octanol–water partition coefficient (Wildman–Crippen LogP) is 3.45. The number of esters is 2. The molecule has 2 aromatic carbocycles. The Labute approximate surface area is 180 Å². The Bertz CT molecular complexity index is 957. The van der Waals surface area contributed by atoms with Gasteiger partial charge in [0.1, 0.15) is 5.75 Å². The molecule has 0 radical (unpaired) electrons. The maximum absolute atomic E-state index is 12.0. The molecule has 0 aliphatic carbocycles. The van der Waals surface area contributed by atoms with Crippen molar-refractivity contribution in [2.45, 2.75) is 38.8 Å². The van der Waals surface area contributed by atoms with Crippen LogP contribution in [0.3, 0.4) is 0 Å². The molecule has 1 fully saturated rings. The third-order valence-electron chi connectivity index (χ3n) is 5.25. The van der Waals surface area contributed by atoms with E-state index in [0.29, 0.717) is 31.0 Å². The summed E-state index contributed by atoms with van der Waals surface area (Å²) in [5, 5.41) is 1.43. The Morgan fingerprint density at radius 2 is 1.77 bits per heavy atom. The smallest absolute Gasteiger partial charge is 0.346 e. The van der Waals surface area contributed by atoms with Gasteiger partial charge in [-0.05, 0) is 50.3 Å². The predicted molar refractivity (Wildman–Crippen MR) is 110 cm³/mol. The van der Waals surface area contributed by atoms with Gasteiger partial charge in [-0.25, -0.2) is 9.59 Å². The first kappa shape index (κ1) is 21.7. The van der Waals surface area contributed by atoms with E-state index in [-0.39, 0.29) is 23.8 Å². The SMILES string of the molecule is CCOC(COc1cccc2cc3c(cc12)C(=O)OC3=O)(OCC)OCC1CCCO1. The van der Waals surface area contributed by atoms with E-state index in [1.165, 1.54) is 0 Å². The van der Waals surface area contributed by atoms with Gasteiger partial charge < -0.3 is 28.4 Å². The molecule has 0 spiro atoms. The molecule has 0 aromatic heterocycles. The zero-order valence-electron chi connectivity index (χ0n) is 17.7. The quantitative estimate of drug-likeness (QED) is 0.322. The molecule has 0 N–H and O–H groups in total. The Morgan fingerprint density at radius 3 is 2.45 bits per heavy atom. The molecule has 2 aliphatic heterocycles. The van der Waals surface area contributed by atoms with Gasteiger partial charge in [0, 0.05) is 25.2 Å². The molecular formula is C23H26O8. The van der Waals surface area contributed by atoms with Gasteiger partial charge in [-0.15, -0.1) is 0 Å². The monoisotopic (exact) mass is 430 g/mol. The first-order chi connectivity index (χ1) is 15.0. The van der Waals surface area contributed by atoms with Gasteiger partial charge in [0.15, 0.2) is 6.61 Å². The molecular weight excluding hydrogens is 404 g/mol. The van der Waals surface area contributed by atoms with Crippen molar-refractivity contribution < 1.29 is 38.0 Å². The standard InChI is InChI=1S/C23H26O8/c1-3-28-23(29-4-2,30-13-16-8-6-10-26-16)14-27-20-9-5-7-15-11-18-19(12-17(15)20)22(25)31-21(18)24/h5,7,9,11-12,16H,3-4,6,8,10,13-14H2,1-2H3. The molecule has 0 amide bonds. The van der Waals surface area contributed by atoms with Crippen LogP contribution in [0.15, 0.2) is 30.3 Å². The van der Waals surface area contributed by atoms with Gasteiger partial charge >= 0.3 is 17.9 Å². The van der Waals surface area contributed by atoms with Crippen molar-refractivity contribution >= 4 is 22.7 Å². The van der Waals surface area contributed by atoms with Crippen LogP contribution in [0.4, 0.5) is 0 Å². The Hall–Kier alpha value is -2.52. The normalized spacial score (nSPS) is 18.5. The van der Waals surface area contributed by atoms with Gasteiger partial charge in [-0.1, -0.05) is 12.1 Å². The van der Waals surface area contributed by atoms with E-state index < -0.39 is 17.9 Å². The highest BCUT2D eigenvalue weighted by Crippen LogP contribution is 2.32. The summed E-state index contributed by atoms with van der Waals surface area (Å²) in [6.45, 7) is 5.48. The summed E-state index contributed by atoms with van der Waals surface area (Å²) in [5.74, 6) is -2.17. The van der Waals surface area contributed by atoms with E-state index in [9.17, 15) is 9.59 Å². The van der Waals surface area contributed by atoms with Crippen LogP contribution in [0, 0.1) is 0 Å². The van der Waals surface area contributed by atoms with Crippen LogP contribution in [0.5, 0.6) is 5.75 Å². The lowest BCUT2D eigenvalue weighted by molar-refractivity contribution is -0.389. The van der Waals surface area contributed by atoms with Gasteiger partial charge in [0.05, 0.1) is 23.8 Å². The van der Waals surface area contributed by atoms with Crippen molar-refractivity contribution in [3.8, 4) is 5.75 Å². The average molecular weight is 430 g/mol. The second-order valence-electron chi connectivity index (χ2n) is 7.34. The maximum atomic E-state index is 12.0. The van der Waals surface area contributed by atoms with Crippen molar-refractivity contribution in [3.63, 3.8) is 0 Å². The van der Waals surface area contributed by atoms with Crippen LogP contribution in [-0.4, -0.2) is 57.1 Å². The lowest BCUT2D eigenvalue weighted by Gasteiger charge is -2.33. The molecule has 31 heavy (non-hydrogen) atoms. The van der Waals surface area contributed by atoms with Crippen molar-refractivity contribution in [2.75, 3.05) is 33.0 Å². The minimum atomic E-state index is -1.39. The number of carbonyl (C=O) groups excluding carboxylic acids is 2. The Morgan fingerprint density at radius 1 is 1.03 bits per heavy atom. The lowest BCUT2D eigenvalue weighted by Crippen LogP contribution is -2.46. The number of cyclic esters (lactones) is 2. The van der Waals surface area contributed by atoms with Crippen LogP contribution in [0.25, 0.3) is 10.8 Å². The van der Waals surface area contributed by atoms with Crippen molar-refractivity contribution in [1.29, 1.82) is 0 Å². The second-order valence-corrected chi connectivity index (χ2v) is 7.34. The molecule has 2 aliphatic rings. The van der Waals surface area contributed by atoms with Gasteiger partial charge in [0.2, 0.25) is 0 Å². The minimum absolute atomic E-state index is 0.00368. The van der Waals surface area contributed by atoms with Gasteiger partial charge in [-0.3, -0.25) is 0 Å². The molecule has 2 heterocycles. The van der Waals surface area contributed by atoms with E-state index >= 15 is 0 Å². The van der Waals surface area contributed by atoms with Crippen molar-refractivity contribution in [1.82, 2.24) is 0 Å². The fourth-order valence-electron chi connectivity index (χ4n) is 3.81. The fourth-order valence-corrected chi connectivity index (χ4v) is 3.81. The number of hydrogen-bond acceptors (Lipinski definition) is 8. The topological polar surface area (TPSA) is 89.5 Å². The molecule has 166 valence electrons. The van der Waals surface area contributed by atoms with Crippen molar-refractivity contribution in [3.05, 3.63) is 41.5 Å². The zero-order valence-corrected chi connectivity index (χ0v) is 17.7. The zero-order chi connectivity index (χ0) is 21.8. The second kappa shape index (κ2) is 9.32. The van der Waals surface area contributed by atoms with E-state index in [2.05, 4.69) is 0 Å². The Balaban J connectivity index is 1.57. The van der Waals surface area contributed by atoms with Crippen LogP contribution >= 0.6 is 0 Å². The highest BCUT2D eigenvalue weighted by atomic mass is 16.9. The molecule has 0 bridgehead atoms. The largest absolute Gasteiger partial charge is 0.484 e. The van der Waals surface area contributed by atoms with Crippen molar-refractivity contribution in [2.24, 2.45) is 0 Å². The molecule has 1 atom stereocenters. The van der Waals surface area contributed by atoms with E-state index in [1.807, 2.05) is 26.0 Å². The highest BCUT2D eigenvalue weighted by molar-refractivity contribution is 6.17. The van der Waals surface area contributed by atoms with E-state index in [4.69, 9.17) is 28.4 Å². The summed E-state index contributed by atoms with van der Waals surface area (Å²) in [4.78, 5) is 23.8. The van der Waals surface area contributed by atoms with Gasteiger partial charge in [-0.2, -0.15) is 0 Å². The van der Waals surface area contributed by atoms with Crippen LogP contribution < -0.4 is 4.74 Å².